The van der Waals surface area contributed by atoms with Crippen LogP contribution in [0.2, 0.25) is 0 Å². The zero-order valence-corrected chi connectivity index (χ0v) is 12.9. The minimum absolute atomic E-state index is 0.184. The summed E-state index contributed by atoms with van der Waals surface area (Å²) in [5, 5.41) is 2.84. The molecule has 0 fully saturated rings. The largest absolute Gasteiger partial charge is 0.359 e. The summed E-state index contributed by atoms with van der Waals surface area (Å²) in [5.74, 6) is 0.216. The van der Waals surface area contributed by atoms with Crippen LogP contribution >= 0.6 is 0 Å². The number of hydrogen-bond acceptors (Lipinski definition) is 4. The number of carbonyl (C=O) groups is 1. The second kappa shape index (κ2) is 8.31. The minimum Gasteiger partial charge on any atom is -0.359 e. The lowest BCUT2D eigenvalue weighted by Crippen LogP contribution is -2.27. The van der Waals surface area contributed by atoms with E-state index in [1.165, 1.54) is 0 Å². The van der Waals surface area contributed by atoms with Crippen LogP contribution in [0.1, 0.15) is 17.0 Å². The number of amides is 1. The highest BCUT2D eigenvalue weighted by Gasteiger charge is 2.14. The molecule has 0 saturated carbocycles. The van der Waals surface area contributed by atoms with E-state index in [4.69, 9.17) is 9.47 Å². The first-order valence-corrected chi connectivity index (χ1v) is 7.16. The maximum atomic E-state index is 12.1. The number of nitrogens with one attached hydrogen (secondary N) is 1. The summed E-state index contributed by atoms with van der Waals surface area (Å²) >= 11 is 0. The Morgan fingerprint density at radius 2 is 2.09 bits per heavy atom. The lowest BCUT2D eigenvalue weighted by molar-refractivity contribution is -0.0308. The molecule has 6 heteroatoms. The average molecular weight is 303 g/mol. The van der Waals surface area contributed by atoms with Crippen molar-refractivity contribution in [2.75, 3.05) is 27.1 Å². The third kappa shape index (κ3) is 4.41. The van der Waals surface area contributed by atoms with Gasteiger partial charge in [0.1, 0.15) is 6.79 Å². The van der Waals surface area contributed by atoms with E-state index >= 15 is 0 Å². The van der Waals surface area contributed by atoms with Crippen molar-refractivity contribution in [1.29, 1.82) is 0 Å². The molecule has 6 nitrogen and oxygen atoms in total. The number of ether oxygens (including phenoxy) is 2. The van der Waals surface area contributed by atoms with E-state index in [1.807, 2.05) is 43.6 Å². The van der Waals surface area contributed by atoms with E-state index in [1.54, 1.807) is 11.7 Å². The Balaban J connectivity index is 1.89. The van der Waals surface area contributed by atoms with Crippen LogP contribution in [-0.4, -0.2) is 42.5 Å². The molecule has 0 spiro atoms. The van der Waals surface area contributed by atoms with Crippen molar-refractivity contribution in [2.45, 2.75) is 6.42 Å². The first kappa shape index (κ1) is 16.2. The number of methoxy groups -OCH3 is 1. The van der Waals surface area contributed by atoms with Gasteiger partial charge in [-0.3, -0.25) is 4.79 Å². The Hall–Kier alpha value is -2.18. The SMILES string of the molecule is COCOCCCNC(=O)c1nc(-c2ccccc2)cn1C. The van der Waals surface area contributed by atoms with Crippen LogP contribution in [0.5, 0.6) is 0 Å². The monoisotopic (exact) mass is 303 g/mol. The predicted octanol–water partition coefficient (Wildman–Crippen LogP) is 1.83. The van der Waals surface area contributed by atoms with Gasteiger partial charge in [-0.05, 0) is 6.42 Å². The molecule has 118 valence electrons. The van der Waals surface area contributed by atoms with Crippen molar-refractivity contribution < 1.29 is 14.3 Å². The van der Waals surface area contributed by atoms with Crippen LogP contribution < -0.4 is 5.32 Å². The van der Waals surface area contributed by atoms with Gasteiger partial charge in [0.25, 0.3) is 5.91 Å². The number of rotatable bonds is 8. The van der Waals surface area contributed by atoms with Crippen LogP contribution in [-0.2, 0) is 16.5 Å². The molecular weight excluding hydrogens is 282 g/mol. The summed E-state index contributed by atoms with van der Waals surface area (Å²) < 4.78 is 11.7. The molecular formula is C16H21N3O3. The highest BCUT2D eigenvalue weighted by atomic mass is 16.7. The number of nitrogens with zero attached hydrogens (tertiary/aromatic N) is 2. The van der Waals surface area contributed by atoms with E-state index in [0.29, 0.717) is 19.0 Å². The standard InChI is InChI=1S/C16H21N3O3/c1-19-11-14(13-7-4-3-5-8-13)18-15(19)16(20)17-9-6-10-22-12-21-2/h3-5,7-8,11H,6,9-10,12H2,1-2H3,(H,17,20). The minimum atomic E-state index is -0.184. The zero-order chi connectivity index (χ0) is 15.8. The van der Waals surface area contributed by atoms with Crippen LogP contribution in [0.4, 0.5) is 0 Å². The van der Waals surface area contributed by atoms with Crippen molar-refractivity contribution in [3.8, 4) is 11.3 Å². The molecule has 1 heterocycles. The van der Waals surface area contributed by atoms with Crippen LogP contribution in [0.15, 0.2) is 36.5 Å². The molecule has 0 bridgehead atoms. The summed E-state index contributed by atoms with van der Waals surface area (Å²) in [4.78, 5) is 16.5. The van der Waals surface area contributed by atoms with Crippen LogP contribution in [0, 0.1) is 0 Å². The third-order valence-corrected chi connectivity index (χ3v) is 3.10. The van der Waals surface area contributed by atoms with E-state index < -0.39 is 0 Å². The molecule has 1 aromatic carbocycles. The highest BCUT2D eigenvalue weighted by molar-refractivity contribution is 5.91. The van der Waals surface area contributed by atoms with E-state index in [2.05, 4.69) is 10.3 Å². The van der Waals surface area contributed by atoms with Gasteiger partial charge in [0.15, 0.2) is 5.82 Å². The molecule has 0 unspecified atom stereocenters. The summed E-state index contributed by atoms with van der Waals surface area (Å²) in [5.41, 5.74) is 1.78. The lowest BCUT2D eigenvalue weighted by Gasteiger charge is -2.05. The molecule has 1 amide bonds. The summed E-state index contributed by atoms with van der Waals surface area (Å²) in [6, 6.07) is 9.79. The molecule has 1 aromatic heterocycles. The number of imidazole rings is 1. The Morgan fingerprint density at radius 1 is 1.32 bits per heavy atom. The van der Waals surface area contributed by atoms with Gasteiger partial charge in [0.05, 0.1) is 12.3 Å². The van der Waals surface area contributed by atoms with Gasteiger partial charge in [-0.2, -0.15) is 0 Å². The molecule has 2 aromatic rings. The van der Waals surface area contributed by atoms with Gasteiger partial charge in [0.2, 0.25) is 0 Å². The molecule has 0 aliphatic heterocycles. The second-order valence-corrected chi connectivity index (χ2v) is 4.85. The number of aromatic nitrogens is 2. The summed E-state index contributed by atoms with van der Waals surface area (Å²) in [6.45, 7) is 1.35. The van der Waals surface area contributed by atoms with Gasteiger partial charge in [0, 0.05) is 32.5 Å². The van der Waals surface area contributed by atoms with Crippen molar-refractivity contribution >= 4 is 5.91 Å². The Kier molecular flexibility index (Phi) is 6.12. The van der Waals surface area contributed by atoms with Gasteiger partial charge < -0.3 is 19.4 Å². The van der Waals surface area contributed by atoms with Gasteiger partial charge >= 0.3 is 0 Å². The third-order valence-electron chi connectivity index (χ3n) is 3.10. The zero-order valence-electron chi connectivity index (χ0n) is 12.9. The Labute approximate surface area is 130 Å². The molecule has 0 aliphatic rings. The molecule has 1 N–H and O–H groups in total. The fourth-order valence-electron chi connectivity index (χ4n) is 2.02. The normalized spacial score (nSPS) is 10.6. The second-order valence-electron chi connectivity index (χ2n) is 4.85. The summed E-state index contributed by atoms with van der Waals surface area (Å²) in [6.07, 6.45) is 2.58. The van der Waals surface area contributed by atoms with Crippen LogP contribution in [0.3, 0.4) is 0 Å². The average Bonchev–Trinajstić information content (AvgIpc) is 2.93. The predicted molar refractivity (Wildman–Crippen MR) is 83.4 cm³/mol. The van der Waals surface area contributed by atoms with Crippen molar-refractivity contribution in [1.82, 2.24) is 14.9 Å². The quantitative estimate of drug-likeness (QED) is 0.597. The van der Waals surface area contributed by atoms with E-state index in [9.17, 15) is 4.79 Å². The Morgan fingerprint density at radius 3 is 2.82 bits per heavy atom. The maximum absolute atomic E-state index is 12.1. The number of hydrogen-bond donors (Lipinski definition) is 1. The number of aryl methyl sites for hydroxylation is 1. The summed E-state index contributed by atoms with van der Waals surface area (Å²) in [7, 11) is 3.39. The maximum Gasteiger partial charge on any atom is 0.287 e. The van der Waals surface area contributed by atoms with Crippen molar-refractivity contribution in [2.24, 2.45) is 7.05 Å². The van der Waals surface area contributed by atoms with E-state index in [-0.39, 0.29) is 12.7 Å². The number of benzene rings is 1. The highest BCUT2D eigenvalue weighted by Crippen LogP contribution is 2.17. The van der Waals surface area contributed by atoms with E-state index in [0.717, 1.165) is 17.7 Å². The van der Waals surface area contributed by atoms with Gasteiger partial charge in [-0.15, -0.1) is 0 Å². The fourth-order valence-corrected chi connectivity index (χ4v) is 2.02. The molecule has 0 saturated heterocycles. The molecule has 2 rings (SSSR count). The van der Waals surface area contributed by atoms with Gasteiger partial charge in [-0.1, -0.05) is 30.3 Å². The Bertz CT molecular complexity index is 596. The smallest absolute Gasteiger partial charge is 0.287 e. The molecule has 0 radical (unpaired) electrons. The van der Waals surface area contributed by atoms with Crippen LogP contribution in [0.25, 0.3) is 11.3 Å². The first-order valence-electron chi connectivity index (χ1n) is 7.16. The lowest BCUT2D eigenvalue weighted by atomic mass is 10.2. The molecule has 0 atom stereocenters. The topological polar surface area (TPSA) is 65.4 Å². The fraction of sp³-hybridized carbons (Fsp3) is 0.375. The van der Waals surface area contributed by atoms with Crippen molar-refractivity contribution in [3.63, 3.8) is 0 Å². The molecule has 22 heavy (non-hydrogen) atoms. The van der Waals surface area contributed by atoms with Crippen molar-refractivity contribution in [3.05, 3.63) is 42.4 Å². The number of carbonyl (C=O) groups excluding carboxylic acids is 1. The molecule has 0 aliphatic carbocycles. The van der Waals surface area contributed by atoms with Gasteiger partial charge in [-0.25, -0.2) is 4.98 Å². The first-order chi connectivity index (χ1) is 10.7.